The summed E-state index contributed by atoms with van der Waals surface area (Å²) >= 11 is 0. The fourth-order valence-corrected chi connectivity index (χ4v) is 3.75. The average Bonchev–Trinajstić information content (AvgIpc) is 2.75. The van der Waals surface area contributed by atoms with Crippen LogP contribution in [0.2, 0.25) is 0 Å². The first-order valence-corrected chi connectivity index (χ1v) is 8.55. The molecule has 24 heavy (non-hydrogen) atoms. The summed E-state index contributed by atoms with van der Waals surface area (Å²) in [4.78, 5) is 27.2. The summed E-state index contributed by atoms with van der Waals surface area (Å²) in [6.45, 7) is 8.69. The third-order valence-electron chi connectivity index (χ3n) is 5.03. The van der Waals surface area contributed by atoms with Gasteiger partial charge in [0, 0.05) is 32.1 Å². The number of amides is 2. The van der Waals surface area contributed by atoms with E-state index in [2.05, 4.69) is 10.4 Å². The Morgan fingerprint density at radius 3 is 2.79 bits per heavy atom. The number of aryl methyl sites for hydroxylation is 1. The van der Waals surface area contributed by atoms with Crippen molar-refractivity contribution in [3.63, 3.8) is 0 Å². The lowest BCUT2D eigenvalue weighted by Crippen LogP contribution is -2.55. The Hall–Kier alpha value is -1.89. The van der Waals surface area contributed by atoms with Gasteiger partial charge in [-0.2, -0.15) is 5.10 Å². The van der Waals surface area contributed by atoms with Crippen LogP contribution < -0.4 is 5.32 Å². The Kier molecular flexibility index (Phi) is 4.15. The van der Waals surface area contributed by atoms with Crippen molar-refractivity contribution in [2.45, 2.75) is 58.3 Å². The van der Waals surface area contributed by atoms with Gasteiger partial charge in [0.2, 0.25) is 5.91 Å². The van der Waals surface area contributed by atoms with E-state index in [0.717, 1.165) is 17.7 Å². The second-order valence-electron chi connectivity index (χ2n) is 7.25. The van der Waals surface area contributed by atoms with Crippen LogP contribution in [0.25, 0.3) is 0 Å². The van der Waals surface area contributed by atoms with Crippen molar-refractivity contribution in [3.05, 3.63) is 17.0 Å². The smallest absolute Gasteiger partial charge is 0.275 e. The van der Waals surface area contributed by atoms with Gasteiger partial charge in [-0.25, -0.2) is 0 Å². The number of carbonyl (C=O) groups is 2. The molecule has 2 atom stereocenters. The SMILES string of the molecule is C[C@@H]1Cc2c(C(=O)N3CCCNC(=O)C3(C)C)nn(C)c2[C@H](C)O1. The van der Waals surface area contributed by atoms with E-state index < -0.39 is 5.54 Å². The maximum atomic E-state index is 13.2. The molecule has 7 heteroatoms. The molecule has 3 heterocycles. The molecule has 0 unspecified atom stereocenters. The van der Waals surface area contributed by atoms with E-state index in [9.17, 15) is 9.59 Å². The van der Waals surface area contributed by atoms with E-state index in [4.69, 9.17) is 4.74 Å². The van der Waals surface area contributed by atoms with Gasteiger partial charge in [-0.1, -0.05) is 0 Å². The molecule has 0 saturated carbocycles. The Labute approximate surface area is 142 Å². The molecular formula is C17H26N4O3. The number of aromatic nitrogens is 2. The highest BCUT2D eigenvalue weighted by Gasteiger charge is 2.42. The van der Waals surface area contributed by atoms with E-state index in [1.54, 1.807) is 23.4 Å². The van der Waals surface area contributed by atoms with Gasteiger partial charge in [0.15, 0.2) is 5.69 Å². The quantitative estimate of drug-likeness (QED) is 0.837. The van der Waals surface area contributed by atoms with Crippen LogP contribution in [0.3, 0.4) is 0 Å². The number of rotatable bonds is 1. The molecule has 0 aromatic carbocycles. The number of hydrogen-bond donors (Lipinski definition) is 1. The summed E-state index contributed by atoms with van der Waals surface area (Å²) in [5, 5.41) is 7.36. The highest BCUT2D eigenvalue weighted by molar-refractivity contribution is 5.99. The Morgan fingerprint density at radius 1 is 1.38 bits per heavy atom. The van der Waals surface area contributed by atoms with Gasteiger partial charge >= 0.3 is 0 Å². The van der Waals surface area contributed by atoms with E-state index in [1.165, 1.54) is 0 Å². The maximum Gasteiger partial charge on any atom is 0.275 e. The molecule has 1 fully saturated rings. The van der Waals surface area contributed by atoms with Gasteiger partial charge in [0.1, 0.15) is 5.54 Å². The summed E-state index contributed by atoms with van der Waals surface area (Å²) in [6, 6.07) is 0. The summed E-state index contributed by atoms with van der Waals surface area (Å²) < 4.78 is 7.60. The van der Waals surface area contributed by atoms with E-state index in [-0.39, 0.29) is 24.0 Å². The maximum absolute atomic E-state index is 13.2. The molecule has 0 spiro atoms. The lowest BCUT2D eigenvalue weighted by Gasteiger charge is -2.35. The van der Waals surface area contributed by atoms with E-state index in [0.29, 0.717) is 25.2 Å². The summed E-state index contributed by atoms with van der Waals surface area (Å²) in [5.74, 6) is -0.293. The van der Waals surface area contributed by atoms with Gasteiger partial charge in [-0.3, -0.25) is 14.3 Å². The van der Waals surface area contributed by atoms with Gasteiger partial charge in [-0.05, 0) is 34.1 Å². The van der Waals surface area contributed by atoms with Crippen molar-refractivity contribution in [2.24, 2.45) is 7.05 Å². The first kappa shape index (κ1) is 17.0. The van der Waals surface area contributed by atoms with Crippen LogP contribution >= 0.6 is 0 Å². The number of nitrogens with zero attached hydrogens (tertiary/aromatic N) is 3. The molecule has 1 aromatic rings. The Morgan fingerprint density at radius 2 is 2.08 bits per heavy atom. The molecule has 0 bridgehead atoms. The lowest BCUT2D eigenvalue weighted by molar-refractivity contribution is -0.129. The van der Waals surface area contributed by atoms with Crippen molar-refractivity contribution in [1.82, 2.24) is 20.0 Å². The van der Waals surface area contributed by atoms with Gasteiger partial charge in [0.25, 0.3) is 5.91 Å². The van der Waals surface area contributed by atoms with Gasteiger partial charge in [-0.15, -0.1) is 0 Å². The summed E-state index contributed by atoms with van der Waals surface area (Å²) in [5.41, 5.74) is 1.47. The van der Waals surface area contributed by atoms with Crippen LogP contribution in [0.5, 0.6) is 0 Å². The van der Waals surface area contributed by atoms with Crippen LogP contribution in [0.1, 0.15) is 62.0 Å². The standard InChI is InChI=1S/C17H26N4O3/c1-10-9-12-13(19-20(5)14(12)11(2)24-10)15(22)21-8-6-7-18-16(23)17(21,3)4/h10-11H,6-9H2,1-5H3,(H,18,23)/t10-,11+/m1/s1. The third kappa shape index (κ3) is 2.60. The first-order chi connectivity index (χ1) is 11.2. The number of hydrogen-bond acceptors (Lipinski definition) is 4. The predicted molar refractivity (Wildman–Crippen MR) is 88.6 cm³/mol. The van der Waals surface area contributed by atoms with Crippen molar-refractivity contribution in [2.75, 3.05) is 13.1 Å². The minimum absolute atomic E-state index is 0.0451. The molecular weight excluding hydrogens is 308 g/mol. The lowest BCUT2D eigenvalue weighted by atomic mass is 9.97. The molecule has 3 rings (SSSR count). The highest BCUT2D eigenvalue weighted by Crippen LogP contribution is 2.33. The van der Waals surface area contributed by atoms with E-state index in [1.807, 2.05) is 20.9 Å². The molecule has 0 aliphatic carbocycles. The van der Waals surface area contributed by atoms with Crippen LogP contribution in [0.15, 0.2) is 0 Å². The molecule has 2 amide bonds. The van der Waals surface area contributed by atoms with Crippen LogP contribution in [-0.2, 0) is 23.0 Å². The molecule has 132 valence electrons. The number of fused-ring (bicyclic) bond motifs is 1. The van der Waals surface area contributed by atoms with Crippen LogP contribution in [-0.4, -0.2) is 51.2 Å². The fourth-order valence-electron chi connectivity index (χ4n) is 3.75. The normalized spacial score (nSPS) is 26.5. The molecule has 0 radical (unpaired) electrons. The second kappa shape index (κ2) is 5.88. The minimum Gasteiger partial charge on any atom is -0.369 e. The predicted octanol–water partition coefficient (Wildman–Crippen LogP) is 1.18. The number of ether oxygens (including phenoxy) is 1. The zero-order valence-electron chi connectivity index (χ0n) is 15.0. The number of nitrogens with one attached hydrogen (secondary N) is 1. The third-order valence-corrected chi connectivity index (χ3v) is 5.03. The minimum atomic E-state index is -0.889. The van der Waals surface area contributed by atoms with Gasteiger partial charge < -0.3 is 15.0 Å². The van der Waals surface area contributed by atoms with Crippen molar-refractivity contribution < 1.29 is 14.3 Å². The molecule has 7 nitrogen and oxygen atoms in total. The topological polar surface area (TPSA) is 76.5 Å². The summed E-state index contributed by atoms with van der Waals surface area (Å²) in [6.07, 6.45) is 1.35. The molecule has 1 N–H and O–H groups in total. The largest absolute Gasteiger partial charge is 0.369 e. The Balaban J connectivity index is 2.02. The van der Waals surface area contributed by atoms with Crippen LogP contribution in [0, 0.1) is 0 Å². The second-order valence-corrected chi connectivity index (χ2v) is 7.25. The zero-order valence-corrected chi connectivity index (χ0v) is 15.0. The molecule has 2 aliphatic rings. The van der Waals surface area contributed by atoms with Crippen molar-refractivity contribution in [1.29, 1.82) is 0 Å². The molecule has 1 aromatic heterocycles. The van der Waals surface area contributed by atoms with Crippen molar-refractivity contribution >= 4 is 11.8 Å². The monoisotopic (exact) mass is 334 g/mol. The first-order valence-electron chi connectivity index (χ1n) is 8.55. The Bertz CT molecular complexity index is 680. The average molecular weight is 334 g/mol. The number of carbonyl (C=O) groups excluding carboxylic acids is 2. The van der Waals surface area contributed by atoms with Gasteiger partial charge in [0.05, 0.1) is 17.9 Å². The highest BCUT2D eigenvalue weighted by atomic mass is 16.5. The fraction of sp³-hybridized carbons (Fsp3) is 0.706. The van der Waals surface area contributed by atoms with Crippen LogP contribution in [0.4, 0.5) is 0 Å². The molecule has 1 saturated heterocycles. The molecule has 2 aliphatic heterocycles. The zero-order chi connectivity index (χ0) is 17.6. The van der Waals surface area contributed by atoms with E-state index >= 15 is 0 Å². The van der Waals surface area contributed by atoms with Crippen molar-refractivity contribution in [3.8, 4) is 0 Å². The summed E-state index contributed by atoms with van der Waals surface area (Å²) in [7, 11) is 1.84.